The highest BCUT2D eigenvalue weighted by atomic mass is 16.5. The zero-order valence-electron chi connectivity index (χ0n) is 11.2. The Morgan fingerprint density at radius 2 is 1.38 bits per heavy atom. The topological polar surface area (TPSA) is 55.2 Å². The number of hydrogen-bond donors (Lipinski definition) is 1. The van der Waals surface area contributed by atoms with Crippen molar-refractivity contribution in [2.45, 2.75) is 0 Å². The SMILES string of the molecule is O[B]Oc1cc(-c2ccccn2)cc(-c2ccccn2)c1. The van der Waals surface area contributed by atoms with Crippen LogP contribution in [0.2, 0.25) is 0 Å². The summed E-state index contributed by atoms with van der Waals surface area (Å²) >= 11 is 0. The predicted molar refractivity (Wildman–Crippen MR) is 81.5 cm³/mol. The van der Waals surface area contributed by atoms with E-state index < -0.39 is 0 Å². The highest BCUT2D eigenvalue weighted by Gasteiger charge is 2.07. The van der Waals surface area contributed by atoms with Gasteiger partial charge >= 0.3 is 7.69 Å². The van der Waals surface area contributed by atoms with E-state index >= 15 is 0 Å². The fourth-order valence-corrected chi connectivity index (χ4v) is 2.09. The first kappa shape index (κ1) is 13.3. The van der Waals surface area contributed by atoms with Crippen molar-refractivity contribution in [3.8, 4) is 28.3 Å². The van der Waals surface area contributed by atoms with Crippen LogP contribution in [0.15, 0.2) is 67.0 Å². The fraction of sp³-hybridized carbons (Fsp3) is 0. The molecule has 1 N–H and O–H groups in total. The molecule has 21 heavy (non-hydrogen) atoms. The standard InChI is InChI=1S/C16H12BN2O2/c20-17-21-14-10-12(15-5-1-3-7-18-15)9-13(11-14)16-6-2-4-8-19-16/h1-11,20H. The lowest BCUT2D eigenvalue weighted by Crippen LogP contribution is -2.00. The number of aromatic nitrogens is 2. The van der Waals surface area contributed by atoms with E-state index in [1.165, 1.54) is 0 Å². The second-order valence-corrected chi connectivity index (χ2v) is 4.40. The molecule has 0 fully saturated rings. The maximum absolute atomic E-state index is 8.86. The van der Waals surface area contributed by atoms with E-state index in [0.717, 1.165) is 22.5 Å². The van der Waals surface area contributed by atoms with Crippen LogP contribution in [0.3, 0.4) is 0 Å². The molecule has 0 saturated heterocycles. The summed E-state index contributed by atoms with van der Waals surface area (Å²) in [5.74, 6) is 0.529. The van der Waals surface area contributed by atoms with Crippen LogP contribution in [0.25, 0.3) is 22.5 Å². The van der Waals surface area contributed by atoms with Gasteiger partial charge in [0.1, 0.15) is 5.75 Å². The van der Waals surface area contributed by atoms with Gasteiger partial charge in [-0.25, -0.2) is 0 Å². The van der Waals surface area contributed by atoms with Crippen LogP contribution in [0.5, 0.6) is 5.75 Å². The van der Waals surface area contributed by atoms with Crippen molar-refractivity contribution in [3.05, 3.63) is 67.0 Å². The molecule has 0 aliphatic rings. The van der Waals surface area contributed by atoms with Gasteiger partial charge in [-0.1, -0.05) is 12.1 Å². The molecule has 0 unspecified atom stereocenters. The molecule has 0 saturated carbocycles. The normalized spacial score (nSPS) is 10.1. The van der Waals surface area contributed by atoms with Crippen molar-refractivity contribution >= 4 is 7.69 Å². The maximum atomic E-state index is 8.86. The maximum Gasteiger partial charge on any atom is 0.569 e. The first-order valence-electron chi connectivity index (χ1n) is 6.47. The third-order valence-electron chi connectivity index (χ3n) is 3.02. The summed E-state index contributed by atoms with van der Waals surface area (Å²) in [4.78, 5) is 8.67. The molecule has 5 heteroatoms. The van der Waals surface area contributed by atoms with Gasteiger partial charge in [0, 0.05) is 23.5 Å². The van der Waals surface area contributed by atoms with Gasteiger partial charge in [0.15, 0.2) is 0 Å². The van der Waals surface area contributed by atoms with Gasteiger partial charge in [0.2, 0.25) is 0 Å². The average molecular weight is 275 g/mol. The summed E-state index contributed by atoms with van der Waals surface area (Å²) in [7, 11) is 0.666. The van der Waals surface area contributed by atoms with Crippen LogP contribution in [-0.2, 0) is 0 Å². The quantitative estimate of drug-likeness (QED) is 0.744. The first-order valence-corrected chi connectivity index (χ1v) is 6.47. The second-order valence-electron chi connectivity index (χ2n) is 4.40. The lowest BCUT2D eigenvalue weighted by atomic mass is 10.0. The molecule has 2 aromatic heterocycles. The summed E-state index contributed by atoms with van der Waals surface area (Å²) < 4.78 is 5.11. The number of hydrogen-bond acceptors (Lipinski definition) is 4. The average Bonchev–Trinajstić information content (AvgIpc) is 2.56. The molecule has 0 aliphatic carbocycles. The minimum atomic E-state index is 0.529. The molecule has 3 aromatic rings. The van der Waals surface area contributed by atoms with Crippen LogP contribution < -0.4 is 4.65 Å². The van der Waals surface area contributed by atoms with Gasteiger partial charge in [-0.15, -0.1) is 0 Å². The van der Waals surface area contributed by atoms with E-state index in [1.807, 2.05) is 54.6 Å². The Hall–Kier alpha value is -2.66. The van der Waals surface area contributed by atoms with Gasteiger partial charge in [0.05, 0.1) is 11.4 Å². The molecule has 2 heterocycles. The molecule has 0 spiro atoms. The minimum absolute atomic E-state index is 0.529. The molecule has 0 bridgehead atoms. The van der Waals surface area contributed by atoms with E-state index in [0.29, 0.717) is 13.4 Å². The Morgan fingerprint density at radius 1 is 0.810 bits per heavy atom. The van der Waals surface area contributed by atoms with Crippen LogP contribution in [0.4, 0.5) is 0 Å². The zero-order chi connectivity index (χ0) is 14.5. The Morgan fingerprint density at radius 3 is 1.81 bits per heavy atom. The number of pyridine rings is 2. The Kier molecular flexibility index (Phi) is 3.93. The van der Waals surface area contributed by atoms with Crippen LogP contribution >= 0.6 is 0 Å². The second kappa shape index (κ2) is 6.20. The van der Waals surface area contributed by atoms with Gasteiger partial charge in [-0.05, 0) is 42.5 Å². The molecular formula is C16H12BN2O2. The van der Waals surface area contributed by atoms with Crippen molar-refractivity contribution < 1.29 is 9.68 Å². The molecule has 1 radical (unpaired) electrons. The van der Waals surface area contributed by atoms with E-state index in [4.69, 9.17) is 9.68 Å². The van der Waals surface area contributed by atoms with E-state index in [9.17, 15) is 0 Å². The summed E-state index contributed by atoms with van der Waals surface area (Å²) in [6.45, 7) is 0. The zero-order valence-corrected chi connectivity index (χ0v) is 11.2. The molecule has 0 aliphatic heterocycles. The van der Waals surface area contributed by atoms with Crippen molar-refractivity contribution in [2.24, 2.45) is 0 Å². The van der Waals surface area contributed by atoms with E-state index in [-0.39, 0.29) is 0 Å². The van der Waals surface area contributed by atoms with E-state index in [1.54, 1.807) is 12.4 Å². The highest BCUT2D eigenvalue weighted by Crippen LogP contribution is 2.29. The fourth-order valence-electron chi connectivity index (χ4n) is 2.09. The number of rotatable bonds is 4. The Bertz CT molecular complexity index is 663. The molecule has 1 aromatic carbocycles. The third kappa shape index (κ3) is 3.09. The van der Waals surface area contributed by atoms with Gasteiger partial charge < -0.3 is 9.68 Å². The first-order chi connectivity index (χ1) is 10.4. The van der Waals surface area contributed by atoms with Crippen molar-refractivity contribution in [1.82, 2.24) is 9.97 Å². The lowest BCUT2D eigenvalue weighted by molar-refractivity contribution is 0.454. The van der Waals surface area contributed by atoms with Crippen molar-refractivity contribution in [1.29, 1.82) is 0 Å². The van der Waals surface area contributed by atoms with E-state index in [2.05, 4.69) is 9.97 Å². The largest absolute Gasteiger partial charge is 0.569 e. The summed E-state index contributed by atoms with van der Waals surface area (Å²) in [5.41, 5.74) is 3.46. The summed E-state index contributed by atoms with van der Waals surface area (Å²) in [6.07, 6.45) is 3.48. The number of benzene rings is 1. The molecular weight excluding hydrogens is 263 g/mol. The smallest absolute Gasteiger partial charge is 0.537 e. The molecule has 3 rings (SSSR count). The molecule has 4 nitrogen and oxygen atoms in total. The molecule has 0 atom stereocenters. The van der Waals surface area contributed by atoms with Crippen LogP contribution in [0, 0.1) is 0 Å². The highest BCUT2D eigenvalue weighted by molar-refractivity contribution is 6.17. The van der Waals surface area contributed by atoms with Crippen molar-refractivity contribution in [2.75, 3.05) is 0 Å². The monoisotopic (exact) mass is 275 g/mol. The van der Waals surface area contributed by atoms with Gasteiger partial charge in [-0.2, -0.15) is 0 Å². The molecule has 0 amide bonds. The Labute approximate surface area is 123 Å². The van der Waals surface area contributed by atoms with Crippen LogP contribution in [0.1, 0.15) is 0 Å². The number of nitrogens with zero attached hydrogens (tertiary/aromatic N) is 2. The third-order valence-corrected chi connectivity index (χ3v) is 3.02. The van der Waals surface area contributed by atoms with Crippen LogP contribution in [-0.4, -0.2) is 22.7 Å². The van der Waals surface area contributed by atoms with Gasteiger partial charge in [0.25, 0.3) is 0 Å². The minimum Gasteiger partial charge on any atom is -0.537 e. The lowest BCUT2D eigenvalue weighted by Gasteiger charge is -2.09. The molecule has 101 valence electrons. The Balaban J connectivity index is 2.11. The summed E-state index contributed by atoms with van der Waals surface area (Å²) in [5, 5.41) is 8.86. The van der Waals surface area contributed by atoms with Crippen molar-refractivity contribution in [3.63, 3.8) is 0 Å². The predicted octanol–water partition coefficient (Wildman–Crippen LogP) is 2.72. The van der Waals surface area contributed by atoms with Gasteiger partial charge in [-0.3, -0.25) is 9.97 Å². The summed E-state index contributed by atoms with van der Waals surface area (Å²) in [6, 6.07) is 17.1.